The van der Waals surface area contributed by atoms with E-state index in [2.05, 4.69) is 0 Å². The Morgan fingerprint density at radius 2 is 1.88 bits per heavy atom. The van der Waals surface area contributed by atoms with Crippen molar-refractivity contribution < 1.29 is 18.4 Å². The van der Waals surface area contributed by atoms with Crippen LogP contribution in [-0.2, 0) is 16.1 Å². The van der Waals surface area contributed by atoms with Crippen molar-refractivity contribution in [3.63, 3.8) is 0 Å². The van der Waals surface area contributed by atoms with Gasteiger partial charge in [-0.15, -0.1) is 0 Å². The van der Waals surface area contributed by atoms with Gasteiger partial charge in [-0.05, 0) is 43.4 Å². The molecule has 0 unspecified atom stereocenters. The summed E-state index contributed by atoms with van der Waals surface area (Å²) in [6.45, 7) is 2.08. The molecule has 0 bridgehead atoms. The fourth-order valence-electron chi connectivity index (χ4n) is 4.11. The topological polar surface area (TPSA) is 40.6 Å². The van der Waals surface area contributed by atoms with Crippen molar-refractivity contribution in [3.05, 3.63) is 35.6 Å². The van der Waals surface area contributed by atoms with E-state index in [1.54, 1.807) is 15.9 Å². The van der Waals surface area contributed by atoms with E-state index in [9.17, 15) is 18.4 Å². The zero-order valence-electron chi connectivity index (χ0n) is 14.1. The summed E-state index contributed by atoms with van der Waals surface area (Å²) < 4.78 is 27.3. The fourth-order valence-corrected chi connectivity index (χ4v) is 4.11. The molecule has 3 fully saturated rings. The van der Waals surface area contributed by atoms with Gasteiger partial charge in [0, 0.05) is 38.0 Å². The van der Waals surface area contributed by atoms with Crippen LogP contribution in [-0.4, -0.2) is 46.9 Å². The number of amides is 2. The molecule has 0 aromatic heterocycles. The molecule has 1 aliphatic carbocycles. The molecule has 1 saturated carbocycles. The SMILES string of the molecule is O=C1CC2(CCN(C(=O)C3(F)CC3)CC2)CN1Cc1cccc(F)c1. The van der Waals surface area contributed by atoms with Crippen molar-refractivity contribution in [2.75, 3.05) is 19.6 Å². The smallest absolute Gasteiger partial charge is 0.260 e. The van der Waals surface area contributed by atoms with Crippen LogP contribution >= 0.6 is 0 Å². The summed E-state index contributed by atoms with van der Waals surface area (Å²) in [5.74, 6) is -0.595. The summed E-state index contributed by atoms with van der Waals surface area (Å²) in [6, 6.07) is 6.31. The number of hydrogen-bond donors (Lipinski definition) is 0. The van der Waals surface area contributed by atoms with E-state index in [0.29, 0.717) is 45.4 Å². The van der Waals surface area contributed by atoms with E-state index < -0.39 is 5.67 Å². The molecule has 134 valence electrons. The van der Waals surface area contributed by atoms with E-state index in [4.69, 9.17) is 0 Å². The maximum Gasteiger partial charge on any atom is 0.260 e. The molecule has 1 spiro atoms. The van der Waals surface area contributed by atoms with Gasteiger partial charge in [-0.25, -0.2) is 8.78 Å². The van der Waals surface area contributed by atoms with Gasteiger partial charge < -0.3 is 9.80 Å². The van der Waals surface area contributed by atoms with Gasteiger partial charge in [-0.3, -0.25) is 9.59 Å². The van der Waals surface area contributed by atoms with Crippen molar-refractivity contribution >= 4 is 11.8 Å². The van der Waals surface area contributed by atoms with Crippen LogP contribution in [0.5, 0.6) is 0 Å². The fraction of sp³-hybridized carbons (Fsp3) is 0.579. The summed E-state index contributed by atoms with van der Waals surface area (Å²) in [5.41, 5.74) is -0.959. The Balaban J connectivity index is 1.38. The third-order valence-electron chi connectivity index (χ3n) is 5.85. The average molecular weight is 348 g/mol. The minimum Gasteiger partial charge on any atom is -0.340 e. The molecule has 25 heavy (non-hydrogen) atoms. The normalized spacial score (nSPS) is 24.0. The minimum absolute atomic E-state index is 0.0770. The number of carbonyl (C=O) groups excluding carboxylic acids is 2. The molecule has 2 amide bonds. The standard InChI is InChI=1S/C19H22F2N2O2/c20-15-3-1-2-14(10-15)12-23-13-18(11-16(23)24)6-8-22(9-7-18)17(25)19(21)4-5-19/h1-3,10H,4-9,11-13H2. The summed E-state index contributed by atoms with van der Waals surface area (Å²) in [6.07, 6.45) is 2.59. The molecule has 1 aromatic carbocycles. The number of halogens is 2. The van der Waals surface area contributed by atoms with Crippen LogP contribution in [0, 0.1) is 11.2 Å². The molecule has 3 aliphatic rings. The van der Waals surface area contributed by atoms with Crippen molar-refractivity contribution in [2.45, 2.75) is 44.3 Å². The van der Waals surface area contributed by atoms with Crippen LogP contribution in [0.2, 0.25) is 0 Å². The largest absolute Gasteiger partial charge is 0.340 e. The summed E-state index contributed by atoms with van der Waals surface area (Å²) in [4.78, 5) is 27.9. The molecule has 4 rings (SSSR count). The third kappa shape index (κ3) is 3.14. The lowest BCUT2D eigenvalue weighted by atomic mass is 9.77. The van der Waals surface area contributed by atoms with Crippen LogP contribution in [0.4, 0.5) is 8.78 Å². The van der Waals surface area contributed by atoms with Crippen LogP contribution in [0.15, 0.2) is 24.3 Å². The number of hydrogen-bond acceptors (Lipinski definition) is 2. The van der Waals surface area contributed by atoms with Crippen molar-refractivity contribution in [1.29, 1.82) is 0 Å². The highest BCUT2D eigenvalue weighted by Crippen LogP contribution is 2.45. The maximum atomic E-state index is 14.0. The Labute approximate surface area is 145 Å². The van der Waals surface area contributed by atoms with E-state index in [0.717, 1.165) is 18.4 Å². The monoisotopic (exact) mass is 348 g/mol. The average Bonchev–Trinajstić information content (AvgIpc) is 3.26. The van der Waals surface area contributed by atoms with Crippen LogP contribution in [0.3, 0.4) is 0 Å². The number of carbonyl (C=O) groups is 2. The Hall–Kier alpha value is -1.98. The van der Waals surface area contributed by atoms with Gasteiger partial charge in [0.05, 0.1) is 0 Å². The summed E-state index contributed by atoms with van der Waals surface area (Å²) >= 11 is 0. The highest BCUT2D eigenvalue weighted by atomic mass is 19.1. The predicted octanol–water partition coefficient (Wildman–Crippen LogP) is 2.67. The van der Waals surface area contributed by atoms with Crippen molar-refractivity contribution in [1.82, 2.24) is 9.80 Å². The van der Waals surface area contributed by atoms with Crippen LogP contribution < -0.4 is 0 Å². The number of benzene rings is 1. The Morgan fingerprint density at radius 3 is 2.52 bits per heavy atom. The predicted molar refractivity (Wildman–Crippen MR) is 87.8 cm³/mol. The molecule has 6 heteroatoms. The molecule has 0 radical (unpaired) electrons. The number of rotatable bonds is 3. The van der Waals surface area contributed by atoms with Crippen molar-refractivity contribution in [3.8, 4) is 0 Å². The lowest BCUT2D eigenvalue weighted by molar-refractivity contribution is -0.140. The van der Waals surface area contributed by atoms with Crippen molar-refractivity contribution in [2.24, 2.45) is 5.41 Å². The Bertz CT molecular complexity index is 709. The first-order valence-corrected chi connectivity index (χ1v) is 8.90. The molecule has 2 saturated heterocycles. The number of nitrogens with zero attached hydrogens (tertiary/aromatic N) is 2. The molecule has 4 nitrogen and oxygen atoms in total. The minimum atomic E-state index is -1.61. The maximum absolute atomic E-state index is 14.0. The second-order valence-electron chi connectivity index (χ2n) is 7.81. The van der Waals surface area contributed by atoms with Gasteiger partial charge in [0.2, 0.25) is 5.91 Å². The second kappa shape index (κ2) is 5.78. The lowest BCUT2D eigenvalue weighted by Crippen LogP contribution is -2.47. The quantitative estimate of drug-likeness (QED) is 0.843. The van der Waals surface area contributed by atoms with Crippen LogP contribution in [0.1, 0.15) is 37.7 Å². The van der Waals surface area contributed by atoms with E-state index in [1.165, 1.54) is 12.1 Å². The van der Waals surface area contributed by atoms with Gasteiger partial charge in [-0.1, -0.05) is 12.1 Å². The summed E-state index contributed by atoms with van der Waals surface area (Å²) in [5, 5.41) is 0. The second-order valence-corrected chi connectivity index (χ2v) is 7.81. The zero-order valence-corrected chi connectivity index (χ0v) is 14.1. The molecular formula is C19H22F2N2O2. The molecule has 2 heterocycles. The van der Waals surface area contributed by atoms with Crippen LogP contribution in [0.25, 0.3) is 0 Å². The van der Waals surface area contributed by atoms with Gasteiger partial charge >= 0.3 is 0 Å². The first kappa shape index (κ1) is 16.5. The molecule has 0 N–H and O–H groups in total. The highest BCUT2D eigenvalue weighted by molar-refractivity contribution is 5.88. The van der Waals surface area contributed by atoms with E-state index in [1.807, 2.05) is 6.07 Å². The number of alkyl halides is 1. The first-order valence-electron chi connectivity index (χ1n) is 8.90. The molecular weight excluding hydrogens is 326 g/mol. The van der Waals surface area contributed by atoms with E-state index in [-0.39, 0.29) is 23.0 Å². The lowest BCUT2D eigenvalue weighted by Gasteiger charge is -2.39. The molecule has 0 atom stereocenters. The van der Waals surface area contributed by atoms with E-state index >= 15 is 0 Å². The number of likely N-dealkylation sites (tertiary alicyclic amines) is 2. The van der Waals surface area contributed by atoms with Gasteiger partial charge in [0.25, 0.3) is 5.91 Å². The third-order valence-corrected chi connectivity index (χ3v) is 5.85. The first-order chi connectivity index (χ1) is 11.9. The number of piperidine rings is 1. The zero-order chi connectivity index (χ0) is 17.7. The van der Waals surface area contributed by atoms with Gasteiger partial charge in [0.15, 0.2) is 5.67 Å². The van der Waals surface area contributed by atoms with Gasteiger partial charge in [-0.2, -0.15) is 0 Å². The Kier molecular flexibility index (Phi) is 3.81. The Morgan fingerprint density at radius 1 is 1.16 bits per heavy atom. The van der Waals surface area contributed by atoms with Gasteiger partial charge in [0.1, 0.15) is 5.82 Å². The molecule has 1 aromatic rings. The highest BCUT2D eigenvalue weighted by Gasteiger charge is 2.54. The molecule has 2 aliphatic heterocycles. The summed E-state index contributed by atoms with van der Waals surface area (Å²) in [7, 11) is 0.